The average Bonchev–Trinajstić information content (AvgIpc) is 2.78. The molecule has 2 aromatic rings. The number of nitrogens with one attached hydrogen (secondary N) is 3. The highest BCUT2D eigenvalue weighted by Crippen LogP contribution is 2.28. The number of quaternary nitrogens is 2. The van der Waals surface area contributed by atoms with Crippen molar-refractivity contribution in [3.8, 4) is 0 Å². The molecule has 1 aliphatic rings. The topological polar surface area (TPSA) is 64.3 Å². The number of carbonyl (C=O) groups is 2. The number of hydrogen-bond donors (Lipinski definition) is 3. The summed E-state index contributed by atoms with van der Waals surface area (Å²) in [6.07, 6.45) is -4.31. The average molecular weight is 451 g/mol. The summed E-state index contributed by atoms with van der Waals surface area (Å²) in [5.74, 6) is -0.438. The molecule has 1 aliphatic heterocycles. The van der Waals surface area contributed by atoms with Crippen molar-refractivity contribution in [2.75, 3.05) is 39.8 Å². The minimum absolute atomic E-state index is 0.0387. The molecule has 0 aromatic heterocycles. The molecule has 0 atom stereocenters. The van der Waals surface area contributed by atoms with Gasteiger partial charge in [-0.25, -0.2) is 4.79 Å². The number of methoxy groups -OCH3 is 1. The van der Waals surface area contributed by atoms with Gasteiger partial charge in [-0.3, -0.25) is 4.79 Å². The maximum absolute atomic E-state index is 12.7. The van der Waals surface area contributed by atoms with E-state index in [9.17, 15) is 22.8 Å². The first kappa shape index (κ1) is 23.7. The Bertz CT molecular complexity index is 907. The fourth-order valence-electron chi connectivity index (χ4n) is 3.78. The summed E-state index contributed by atoms with van der Waals surface area (Å²) in [5.41, 5.74) is 1.61. The summed E-state index contributed by atoms with van der Waals surface area (Å²) in [6, 6.07) is 12.2. The minimum atomic E-state index is -4.31. The summed E-state index contributed by atoms with van der Waals surface area (Å²) >= 11 is 0. The zero-order valence-corrected chi connectivity index (χ0v) is 17.9. The van der Waals surface area contributed by atoms with E-state index in [1.165, 1.54) is 16.9 Å². The molecule has 0 aliphatic carbocycles. The number of carbonyl (C=O) groups excluding carboxylic acids is 2. The number of piperazine rings is 1. The third-order valence-corrected chi connectivity index (χ3v) is 5.67. The zero-order valence-electron chi connectivity index (χ0n) is 17.9. The van der Waals surface area contributed by atoms with Gasteiger partial charge in [0.05, 0.1) is 18.2 Å². The van der Waals surface area contributed by atoms with Gasteiger partial charge >= 0.3 is 12.1 Å². The van der Waals surface area contributed by atoms with Crippen molar-refractivity contribution in [1.82, 2.24) is 5.32 Å². The van der Waals surface area contributed by atoms with Crippen LogP contribution in [0.1, 0.15) is 27.0 Å². The van der Waals surface area contributed by atoms with Crippen LogP contribution in [0, 0.1) is 0 Å². The lowest BCUT2D eigenvalue weighted by molar-refractivity contribution is -1.02. The van der Waals surface area contributed by atoms with Gasteiger partial charge in [-0.2, -0.15) is 13.2 Å². The van der Waals surface area contributed by atoms with E-state index in [4.69, 9.17) is 0 Å². The zero-order chi connectivity index (χ0) is 23.1. The van der Waals surface area contributed by atoms with Gasteiger partial charge in [-0.1, -0.05) is 24.3 Å². The van der Waals surface area contributed by atoms with Crippen molar-refractivity contribution >= 4 is 11.9 Å². The second-order valence-electron chi connectivity index (χ2n) is 8.01. The molecule has 0 saturated carbocycles. The lowest BCUT2D eigenvalue weighted by Gasteiger charge is -2.29. The van der Waals surface area contributed by atoms with E-state index in [0.29, 0.717) is 25.2 Å². The van der Waals surface area contributed by atoms with Crippen molar-refractivity contribution in [3.05, 3.63) is 70.8 Å². The van der Waals surface area contributed by atoms with Crippen LogP contribution in [0.5, 0.6) is 0 Å². The van der Waals surface area contributed by atoms with Crippen LogP contribution in [0.25, 0.3) is 0 Å². The van der Waals surface area contributed by atoms with Crippen LogP contribution in [-0.2, 0) is 28.8 Å². The fraction of sp³-hybridized carbons (Fsp3) is 0.391. The first-order valence-electron chi connectivity index (χ1n) is 10.5. The van der Waals surface area contributed by atoms with E-state index < -0.39 is 17.7 Å². The molecule has 32 heavy (non-hydrogen) atoms. The SMILES string of the molecule is COC(=O)c1ccc(CNC(=O)C[NH+]2CC[NH+](Cc3ccc(C(F)(F)F)cc3)CC2)cc1. The summed E-state index contributed by atoms with van der Waals surface area (Å²) in [6.45, 7) is 4.83. The number of halogens is 3. The molecule has 3 N–H and O–H groups in total. The number of amides is 1. The Kier molecular flexibility index (Phi) is 7.87. The molecule has 6 nitrogen and oxygen atoms in total. The Hall–Kier alpha value is -2.91. The molecule has 0 bridgehead atoms. The van der Waals surface area contributed by atoms with Gasteiger partial charge < -0.3 is 19.9 Å². The van der Waals surface area contributed by atoms with E-state index in [1.54, 1.807) is 36.4 Å². The maximum atomic E-state index is 12.7. The van der Waals surface area contributed by atoms with Crippen molar-refractivity contribution in [2.45, 2.75) is 19.3 Å². The van der Waals surface area contributed by atoms with Gasteiger partial charge in [-0.15, -0.1) is 0 Å². The van der Waals surface area contributed by atoms with Crippen LogP contribution in [0.3, 0.4) is 0 Å². The Morgan fingerprint density at radius 3 is 2.03 bits per heavy atom. The molecular formula is C23H28F3N3O3+2. The van der Waals surface area contributed by atoms with Crippen molar-refractivity contribution in [2.24, 2.45) is 0 Å². The molecule has 1 amide bonds. The number of alkyl halides is 3. The molecule has 2 aromatic carbocycles. The van der Waals surface area contributed by atoms with Gasteiger partial charge in [0.1, 0.15) is 32.7 Å². The molecule has 1 fully saturated rings. The third kappa shape index (κ3) is 6.80. The van der Waals surface area contributed by atoms with Gasteiger partial charge in [0.15, 0.2) is 6.54 Å². The molecule has 172 valence electrons. The standard InChI is InChI=1S/C23H26F3N3O3/c1-32-22(31)19-6-2-17(3-7-19)14-27-21(30)16-29-12-10-28(11-13-29)15-18-4-8-20(9-5-18)23(24,25)26/h2-9H,10-16H2,1H3,(H,27,30)/p+2. The first-order valence-corrected chi connectivity index (χ1v) is 10.5. The quantitative estimate of drug-likeness (QED) is 0.523. The lowest BCUT2D eigenvalue weighted by atomic mass is 10.1. The van der Waals surface area contributed by atoms with Crippen LogP contribution < -0.4 is 15.1 Å². The fourth-order valence-corrected chi connectivity index (χ4v) is 3.78. The highest BCUT2D eigenvalue weighted by atomic mass is 19.4. The normalized spacial score (nSPS) is 18.8. The van der Waals surface area contributed by atoms with Gasteiger partial charge in [-0.05, 0) is 29.8 Å². The lowest BCUT2D eigenvalue weighted by Crippen LogP contribution is -3.28. The predicted octanol–water partition coefficient (Wildman–Crippen LogP) is 0.0918. The molecule has 0 unspecified atom stereocenters. The molecule has 9 heteroatoms. The Labute approximate surface area is 184 Å². The van der Waals surface area contributed by atoms with Gasteiger partial charge in [0.2, 0.25) is 0 Å². The Morgan fingerprint density at radius 1 is 0.906 bits per heavy atom. The van der Waals surface area contributed by atoms with E-state index in [-0.39, 0.29) is 5.91 Å². The molecule has 0 spiro atoms. The van der Waals surface area contributed by atoms with Crippen molar-refractivity contribution in [3.63, 3.8) is 0 Å². The largest absolute Gasteiger partial charge is 0.465 e. The summed E-state index contributed by atoms with van der Waals surface area (Å²) in [4.78, 5) is 26.2. The van der Waals surface area contributed by atoms with Gasteiger partial charge in [0.25, 0.3) is 5.91 Å². The van der Waals surface area contributed by atoms with Crippen LogP contribution in [0.4, 0.5) is 13.2 Å². The molecule has 1 heterocycles. The molecular weight excluding hydrogens is 423 g/mol. The molecule has 3 rings (SSSR count). The second kappa shape index (κ2) is 10.6. The molecule has 0 radical (unpaired) electrons. The summed E-state index contributed by atoms with van der Waals surface area (Å²) < 4.78 is 42.7. The van der Waals surface area contributed by atoms with E-state index in [1.807, 2.05) is 0 Å². The number of hydrogen-bond acceptors (Lipinski definition) is 3. The highest BCUT2D eigenvalue weighted by Gasteiger charge is 2.30. The Morgan fingerprint density at radius 2 is 1.47 bits per heavy atom. The Balaban J connectivity index is 1.38. The van der Waals surface area contributed by atoms with E-state index in [0.717, 1.165) is 49.4 Å². The number of esters is 1. The number of rotatable bonds is 7. The van der Waals surface area contributed by atoms with Crippen LogP contribution in [0.15, 0.2) is 48.5 Å². The van der Waals surface area contributed by atoms with E-state index in [2.05, 4.69) is 10.1 Å². The minimum Gasteiger partial charge on any atom is -0.465 e. The monoisotopic (exact) mass is 451 g/mol. The smallest absolute Gasteiger partial charge is 0.416 e. The third-order valence-electron chi connectivity index (χ3n) is 5.67. The van der Waals surface area contributed by atoms with Crippen LogP contribution in [0.2, 0.25) is 0 Å². The number of ether oxygens (including phenoxy) is 1. The van der Waals surface area contributed by atoms with E-state index >= 15 is 0 Å². The highest BCUT2D eigenvalue weighted by molar-refractivity contribution is 5.89. The maximum Gasteiger partial charge on any atom is 0.416 e. The summed E-state index contributed by atoms with van der Waals surface area (Å²) in [7, 11) is 1.33. The molecule has 1 saturated heterocycles. The second-order valence-corrected chi connectivity index (χ2v) is 8.01. The predicted molar refractivity (Wildman–Crippen MR) is 111 cm³/mol. The van der Waals surface area contributed by atoms with Crippen molar-refractivity contribution in [1.29, 1.82) is 0 Å². The summed E-state index contributed by atoms with van der Waals surface area (Å²) in [5, 5.41) is 2.90. The van der Waals surface area contributed by atoms with Crippen molar-refractivity contribution < 1.29 is 37.3 Å². The first-order chi connectivity index (χ1) is 15.2. The van der Waals surface area contributed by atoms with Gasteiger partial charge in [0, 0.05) is 12.1 Å². The number of benzene rings is 2. The van der Waals surface area contributed by atoms with Crippen LogP contribution >= 0.6 is 0 Å². The van der Waals surface area contributed by atoms with Crippen LogP contribution in [-0.4, -0.2) is 51.7 Å².